The topological polar surface area (TPSA) is 62.3 Å². The van der Waals surface area contributed by atoms with E-state index in [2.05, 4.69) is 43.9 Å². The lowest BCUT2D eigenvalue weighted by molar-refractivity contribution is -0.121. The van der Waals surface area contributed by atoms with Crippen molar-refractivity contribution in [3.8, 4) is 11.5 Å². The molecule has 3 aromatic carbocycles. The Morgan fingerprint density at radius 2 is 1.67 bits per heavy atom. The minimum Gasteiger partial charge on any atom is -0.495 e. The van der Waals surface area contributed by atoms with E-state index < -0.39 is 0 Å². The van der Waals surface area contributed by atoms with Crippen LogP contribution in [0, 0.1) is 0 Å². The molecule has 2 heterocycles. The summed E-state index contributed by atoms with van der Waals surface area (Å²) in [7, 11) is 1.68. The van der Waals surface area contributed by atoms with Crippen molar-refractivity contribution in [3.05, 3.63) is 83.4 Å². The molecule has 1 fully saturated rings. The Balaban J connectivity index is 1.26. The number of hydrogen-bond acceptors (Lipinski definition) is 5. The van der Waals surface area contributed by atoms with Gasteiger partial charge in [-0.05, 0) is 59.4 Å². The van der Waals surface area contributed by atoms with E-state index in [9.17, 15) is 9.59 Å². The highest BCUT2D eigenvalue weighted by Crippen LogP contribution is 2.38. The van der Waals surface area contributed by atoms with Crippen LogP contribution in [-0.4, -0.2) is 56.6 Å². The Hall–Kier alpha value is -4.00. The summed E-state index contributed by atoms with van der Waals surface area (Å²) in [4.78, 5) is 32.1. The maximum absolute atomic E-state index is 13.2. The summed E-state index contributed by atoms with van der Waals surface area (Å²) in [5.74, 6) is 1.53. The third-order valence-electron chi connectivity index (χ3n) is 8.10. The first kappa shape index (κ1) is 26.6. The maximum Gasteiger partial charge on any atom is 0.265 e. The zero-order valence-electron chi connectivity index (χ0n) is 23.3. The van der Waals surface area contributed by atoms with E-state index >= 15 is 0 Å². The van der Waals surface area contributed by atoms with Crippen LogP contribution >= 0.6 is 0 Å². The van der Waals surface area contributed by atoms with Gasteiger partial charge in [-0.3, -0.25) is 9.59 Å². The van der Waals surface area contributed by atoms with Crippen LogP contribution in [0.15, 0.2) is 66.7 Å². The minimum absolute atomic E-state index is 0.00184. The van der Waals surface area contributed by atoms with E-state index in [0.717, 1.165) is 47.9 Å². The lowest BCUT2D eigenvalue weighted by atomic mass is 9.82. The molecule has 2 amide bonds. The molecule has 0 N–H and O–H groups in total. The molecule has 0 unspecified atom stereocenters. The van der Waals surface area contributed by atoms with Crippen molar-refractivity contribution in [2.75, 3.05) is 49.7 Å². The molecule has 2 aliphatic rings. The number of carbonyl (C=O) groups is 2. The van der Waals surface area contributed by atoms with Crippen molar-refractivity contribution in [2.24, 2.45) is 0 Å². The molecule has 7 heteroatoms. The molecule has 3 aromatic rings. The summed E-state index contributed by atoms with van der Waals surface area (Å²) in [6.45, 7) is 9.83. The van der Waals surface area contributed by atoms with Crippen LogP contribution in [0.5, 0.6) is 11.5 Å². The molecule has 2 aliphatic heterocycles. The lowest BCUT2D eigenvalue weighted by Crippen LogP contribution is -2.48. The molecule has 0 aromatic heterocycles. The Morgan fingerprint density at radius 3 is 2.36 bits per heavy atom. The number of ether oxygens (including phenoxy) is 2. The van der Waals surface area contributed by atoms with Gasteiger partial charge in [0.1, 0.15) is 11.5 Å². The van der Waals surface area contributed by atoms with E-state index in [1.54, 1.807) is 12.0 Å². The molecule has 0 atom stereocenters. The van der Waals surface area contributed by atoms with Crippen LogP contribution in [0.25, 0.3) is 0 Å². The Kier molecular flexibility index (Phi) is 7.51. The van der Waals surface area contributed by atoms with Crippen molar-refractivity contribution < 1.29 is 19.1 Å². The second-order valence-electron chi connectivity index (χ2n) is 10.8. The van der Waals surface area contributed by atoms with Gasteiger partial charge in [-0.25, -0.2) is 0 Å². The molecule has 1 saturated heterocycles. The van der Waals surface area contributed by atoms with Gasteiger partial charge in [0.2, 0.25) is 0 Å². The summed E-state index contributed by atoms with van der Waals surface area (Å²) in [5.41, 5.74) is 4.67. The zero-order chi connectivity index (χ0) is 27.6. The standard InChI is InChI=1S/C32H37N3O4/c1-5-32(2,3)25-14-15-29-27(20-25)35(30(36)22-39-29)21-23-10-12-24(13-11-23)31(37)34-18-16-33(17-19-34)26-8-6-7-9-28(26)38-4/h6-15,20H,5,16-19,21-22H2,1-4H3. The van der Waals surface area contributed by atoms with Crippen molar-refractivity contribution in [1.82, 2.24) is 4.90 Å². The van der Waals surface area contributed by atoms with Gasteiger partial charge in [0.15, 0.2) is 6.61 Å². The van der Waals surface area contributed by atoms with Gasteiger partial charge >= 0.3 is 0 Å². The summed E-state index contributed by atoms with van der Waals surface area (Å²) in [6, 6.07) is 21.7. The molecule has 204 valence electrons. The van der Waals surface area contributed by atoms with Crippen LogP contribution in [-0.2, 0) is 16.8 Å². The summed E-state index contributed by atoms with van der Waals surface area (Å²) in [5, 5.41) is 0. The van der Waals surface area contributed by atoms with Gasteiger partial charge in [-0.1, -0.05) is 51.1 Å². The Morgan fingerprint density at radius 1 is 0.949 bits per heavy atom. The predicted molar refractivity (Wildman–Crippen MR) is 154 cm³/mol. The van der Waals surface area contributed by atoms with E-state index in [-0.39, 0.29) is 23.8 Å². The van der Waals surface area contributed by atoms with E-state index in [1.165, 1.54) is 5.56 Å². The number of benzene rings is 3. The zero-order valence-corrected chi connectivity index (χ0v) is 23.3. The number of piperazine rings is 1. The number of fused-ring (bicyclic) bond motifs is 1. The minimum atomic E-state index is -0.0676. The third-order valence-corrected chi connectivity index (χ3v) is 8.10. The smallest absolute Gasteiger partial charge is 0.265 e. The second kappa shape index (κ2) is 11.0. The van der Waals surface area contributed by atoms with Crippen LogP contribution in [0.3, 0.4) is 0 Å². The highest BCUT2D eigenvalue weighted by molar-refractivity contribution is 5.98. The van der Waals surface area contributed by atoms with Gasteiger partial charge < -0.3 is 24.2 Å². The lowest BCUT2D eigenvalue weighted by Gasteiger charge is -2.36. The van der Waals surface area contributed by atoms with Crippen LogP contribution in [0.4, 0.5) is 11.4 Å². The second-order valence-corrected chi connectivity index (χ2v) is 10.8. The molecule has 7 nitrogen and oxygen atoms in total. The fourth-order valence-electron chi connectivity index (χ4n) is 5.16. The maximum atomic E-state index is 13.2. The highest BCUT2D eigenvalue weighted by Gasteiger charge is 2.29. The normalized spacial score (nSPS) is 15.6. The van der Waals surface area contributed by atoms with E-state index in [0.29, 0.717) is 25.2 Å². The fourth-order valence-corrected chi connectivity index (χ4v) is 5.16. The molecular weight excluding hydrogens is 490 g/mol. The van der Waals surface area contributed by atoms with Gasteiger partial charge in [0.25, 0.3) is 11.8 Å². The van der Waals surface area contributed by atoms with E-state index in [4.69, 9.17) is 9.47 Å². The van der Waals surface area contributed by atoms with Crippen molar-refractivity contribution >= 4 is 23.2 Å². The first-order chi connectivity index (χ1) is 18.8. The third kappa shape index (κ3) is 5.44. The van der Waals surface area contributed by atoms with Crippen molar-refractivity contribution in [1.29, 1.82) is 0 Å². The Labute approximate surface area is 230 Å². The van der Waals surface area contributed by atoms with Crippen LogP contribution in [0.2, 0.25) is 0 Å². The molecule has 0 bridgehead atoms. The number of anilines is 2. The first-order valence-corrected chi connectivity index (χ1v) is 13.6. The van der Waals surface area contributed by atoms with Crippen LogP contribution in [0.1, 0.15) is 48.7 Å². The molecule has 0 spiro atoms. The number of carbonyl (C=O) groups excluding carboxylic acids is 2. The number of rotatable bonds is 7. The number of nitrogens with zero attached hydrogens (tertiary/aromatic N) is 3. The van der Waals surface area contributed by atoms with Gasteiger partial charge in [-0.2, -0.15) is 0 Å². The molecule has 0 saturated carbocycles. The molecule has 0 radical (unpaired) electrons. The summed E-state index contributed by atoms with van der Waals surface area (Å²) >= 11 is 0. The first-order valence-electron chi connectivity index (χ1n) is 13.6. The average molecular weight is 528 g/mol. The molecule has 39 heavy (non-hydrogen) atoms. The number of amides is 2. The van der Waals surface area contributed by atoms with Crippen molar-refractivity contribution in [3.63, 3.8) is 0 Å². The largest absolute Gasteiger partial charge is 0.495 e. The van der Waals surface area contributed by atoms with Crippen LogP contribution < -0.4 is 19.3 Å². The highest BCUT2D eigenvalue weighted by atomic mass is 16.5. The Bertz CT molecular complexity index is 1340. The predicted octanol–water partition coefficient (Wildman–Crippen LogP) is 5.27. The van der Waals surface area contributed by atoms with Gasteiger partial charge in [0.05, 0.1) is 25.0 Å². The molecular formula is C32H37N3O4. The SMILES string of the molecule is CCC(C)(C)c1ccc2c(c1)N(Cc1ccc(C(=O)N3CCN(c4ccccc4OC)CC3)cc1)C(=O)CO2. The summed E-state index contributed by atoms with van der Waals surface area (Å²) in [6.07, 6.45) is 0.992. The molecule has 5 rings (SSSR count). The van der Waals surface area contributed by atoms with Gasteiger partial charge in [0, 0.05) is 31.7 Å². The number of para-hydroxylation sites is 2. The van der Waals surface area contributed by atoms with Gasteiger partial charge in [-0.15, -0.1) is 0 Å². The quantitative estimate of drug-likeness (QED) is 0.419. The summed E-state index contributed by atoms with van der Waals surface area (Å²) < 4.78 is 11.2. The van der Waals surface area contributed by atoms with E-state index in [1.807, 2.05) is 53.4 Å². The molecule has 0 aliphatic carbocycles. The number of hydrogen-bond donors (Lipinski definition) is 0. The monoisotopic (exact) mass is 527 g/mol. The van der Waals surface area contributed by atoms with Crippen molar-refractivity contribution in [2.45, 2.75) is 39.2 Å². The average Bonchev–Trinajstić information content (AvgIpc) is 2.98. The number of methoxy groups -OCH3 is 1. The fraction of sp³-hybridized carbons (Fsp3) is 0.375.